The van der Waals surface area contributed by atoms with Gasteiger partial charge in [0, 0.05) is 18.2 Å². The lowest BCUT2D eigenvalue weighted by molar-refractivity contribution is -0.117. The number of anilines is 1. The number of sulfonamides is 1. The number of carbonyl (C=O) groups is 1. The molecule has 0 bridgehead atoms. The maximum atomic E-state index is 12.2. The highest BCUT2D eigenvalue weighted by atomic mass is 32.2. The van der Waals surface area contributed by atoms with Gasteiger partial charge in [0.2, 0.25) is 15.9 Å². The van der Waals surface area contributed by atoms with E-state index in [1.807, 2.05) is 13.8 Å². The Morgan fingerprint density at radius 3 is 2.38 bits per heavy atom. The second-order valence-corrected chi connectivity index (χ2v) is 8.43. The van der Waals surface area contributed by atoms with Crippen LogP contribution in [-0.2, 0) is 14.8 Å². The SMILES string of the molecule is CC[C@H](C)NS(=O)(=O)c1ccc(NC(=O)CC2CCCCC2)cc1. The normalized spacial score (nSPS) is 17.4. The van der Waals surface area contributed by atoms with Crippen molar-refractivity contribution >= 4 is 21.6 Å². The van der Waals surface area contributed by atoms with Crippen molar-refractivity contribution in [1.82, 2.24) is 4.72 Å². The van der Waals surface area contributed by atoms with Gasteiger partial charge in [-0.05, 0) is 56.4 Å². The first kappa shape index (κ1) is 18.9. The van der Waals surface area contributed by atoms with Gasteiger partial charge in [0.1, 0.15) is 0 Å². The molecule has 1 amide bonds. The van der Waals surface area contributed by atoms with E-state index in [-0.39, 0.29) is 16.8 Å². The van der Waals surface area contributed by atoms with Crippen molar-refractivity contribution in [3.8, 4) is 0 Å². The van der Waals surface area contributed by atoms with Crippen LogP contribution in [0.15, 0.2) is 29.2 Å². The summed E-state index contributed by atoms with van der Waals surface area (Å²) in [6.07, 6.45) is 7.25. The second-order valence-electron chi connectivity index (χ2n) is 6.71. The zero-order chi connectivity index (χ0) is 17.6. The molecule has 0 radical (unpaired) electrons. The average molecular weight is 353 g/mol. The summed E-state index contributed by atoms with van der Waals surface area (Å²) >= 11 is 0. The lowest BCUT2D eigenvalue weighted by Gasteiger charge is -2.20. The van der Waals surface area contributed by atoms with Crippen molar-refractivity contribution in [2.45, 2.75) is 69.7 Å². The van der Waals surface area contributed by atoms with Gasteiger partial charge in [0.25, 0.3) is 0 Å². The lowest BCUT2D eigenvalue weighted by atomic mass is 9.87. The molecule has 5 nitrogen and oxygen atoms in total. The highest BCUT2D eigenvalue weighted by Gasteiger charge is 2.18. The fourth-order valence-corrected chi connectivity index (χ4v) is 4.33. The van der Waals surface area contributed by atoms with Crippen molar-refractivity contribution < 1.29 is 13.2 Å². The summed E-state index contributed by atoms with van der Waals surface area (Å²) in [6, 6.07) is 6.24. The molecule has 0 unspecified atom stereocenters. The Labute approximate surface area is 145 Å². The smallest absolute Gasteiger partial charge is 0.240 e. The van der Waals surface area contributed by atoms with E-state index in [4.69, 9.17) is 0 Å². The molecule has 0 aliphatic heterocycles. The molecule has 0 heterocycles. The predicted octanol–water partition coefficient (Wildman–Crippen LogP) is 3.67. The largest absolute Gasteiger partial charge is 0.326 e. The number of benzene rings is 1. The van der Waals surface area contributed by atoms with Crippen LogP contribution in [0.2, 0.25) is 0 Å². The first-order valence-corrected chi connectivity index (χ1v) is 10.3. The van der Waals surface area contributed by atoms with Gasteiger partial charge in [0.05, 0.1) is 4.90 Å². The fraction of sp³-hybridized carbons (Fsp3) is 0.611. The number of amides is 1. The van der Waals surface area contributed by atoms with Crippen molar-refractivity contribution in [3.63, 3.8) is 0 Å². The molecule has 1 fully saturated rings. The zero-order valence-electron chi connectivity index (χ0n) is 14.5. The van der Waals surface area contributed by atoms with Gasteiger partial charge in [-0.2, -0.15) is 0 Å². The Bertz CT molecular complexity index is 635. The molecular formula is C18H28N2O3S. The molecule has 1 atom stereocenters. The summed E-state index contributed by atoms with van der Waals surface area (Å²) in [5, 5.41) is 2.87. The maximum absolute atomic E-state index is 12.2. The van der Waals surface area contributed by atoms with E-state index < -0.39 is 10.0 Å². The zero-order valence-corrected chi connectivity index (χ0v) is 15.4. The Balaban J connectivity index is 1.92. The summed E-state index contributed by atoms with van der Waals surface area (Å²) < 4.78 is 27.0. The van der Waals surface area contributed by atoms with Crippen LogP contribution in [0.4, 0.5) is 5.69 Å². The number of hydrogen-bond donors (Lipinski definition) is 2. The highest BCUT2D eigenvalue weighted by molar-refractivity contribution is 7.89. The molecule has 24 heavy (non-hydrogen) atoms. The van der Waals surface area contributed by atoms with E-state index in [1.165, 1.54) is 31.4 Å². The summed E-state index contributed by atoms with van der Waals surface area (Å²) in [7, 11) is -3.50. The molecule has 0 saturated heterocycles. The number of nitrogens with one attached hydrogen (secondary N) is 2. The van der Waals surface area contributed by atoms with Gasteiger partial charge in [-0.15, -0.1) is 0 Å². The molecule has 2 rings (SSSR count). The molecule has 1 aromatic rings. The van der Waals surface area contributed by atoms with Crippen LogP contribution < -0.4 is 10.0 Å². The van der Waals surface area contributed by atoms with Gasteiger partial charge < -0.3 is 5.32 Å². The quantitative estimate of drug-likeness (QED) is 0.786. The molecule has 6 heteroatoms. The summed E-state index contributed by atoms with van der Waals surface area (Å²) in [6.45, 7) is 3.76. The van der Waals surface area contributed by atoms with Gasteiger partial charge >= 0.3 is 0 Å². The van der Waals surface area contributed by atoms with Crippen molar-refractivity contribution in [2.24, 2.45) is 5.92 Å². The molecule has 1 aliphatic rings. The van der Waals surface area contributed by atoms with Crippen LogP contribution in [0.3, 0.4) is 0 Å². The first-order valence-electron chi connectivity index (χ1n) is 8.83. The summed E-state index contributed by atoms with van der Waals surface area (Å²) in [5.41, 5.74) is 0.637. The molecule has 1 saturated carbocycles. The molecular weight excluding hydrogens is 324 g/mol. The molecule has 134 valence electrons. The number of hydrogen-bond acceptors (Lipinski definition) is 3. The highest BCUT2D eigenvalue weighted by Crippen LogP contribution is 2.26. The Morgan fingerprint density at radius 2 is 1.79 bits per heavy atom. The summed E-state index contributed by atoms with van der Waals surface area (Å²) in [4.78, 5) is 12.3. The van der Waals surface area contributed by atoms with E-state index in [2.05, 4.69) is 10.0 Å². The average Bonchev–Trinajstić information content (AvgIpc) is 2.55. The molecule has 1 aliphatic carbocycles. The van der Waals surface area contributed by atoms with Gasteiger partial charge in [-0.1, -0.05) is 26.2 Å². The van der Waals surface area contributed by atoms with Crippen molar-refractivity contribution in [2.75, 3.05) is 5.32 Å². The molecule has 0 spiro atoms. The topological polar surface area (TPSA) is 75.3 Å². The second kappa shape index (κ2) is 8.62. The van der Waals surface area contributed by atoms with Crippen LogP contribution in [0.1, 0.15) is 58.8 Å². The van der Waals surface area contributed by atoms with Gasteiger partial charge in [-0.25, -0.2) is 13.1 Å². The van der Waals surface area contributed by atoms with E-state index in [1.54, 1.807) is 12.1 Å². The van der Waals surface area contributed by atoms with Crippen molar-refractivity contribution in [1.29, 1.82) is 0 Å². The van der Waals surface area contributed by atoms with Gasteiger partial charge in [0.15, 0.2) is 0 Å². The minimum atomic E-state index is -3.50. The monoisotopic (exact) mass is 352 g/mol. The van der Waals surface area contributed by atoms with E-state index >= 15 is 0 Å². The van der Waals surface area contributed by atoms with E-state index in [0.29, 0.717) is 18.0 Å². The Morgan fingerprint density at radius 1 is 1.17 bits per heavy atom. The standard InChI is InChI=1S/C18H28N2O3S/c1-3-14(2)20-24(22,23)17-11-9-16(10-12-17)19-18(21)13-15-7-5-4-6-8-15/h9-12,14-15,20H,3-8,13H2,1-2H3,(H,19,21)/t14-/m0/s1. The van der Waals surface area contributed by atoms with Crippen LogP contribution >= 0.6 is 0 Å². The summed E-state index contributed by atoms with van der Waals surface area (Å²) in [5.74, 6) is 0.494. The Kier molecular flexibility index (Phi) is 6.80. The van der Waals surface area contributed by atoms with E-state index in [0.717, 1.165) is 19.3 Å². The van der Waals surface area contributed by atoms with Crippen molar-refractivity contribution in [3.05, 3.63) is 24.3 Å². The lowest BCUT2D eigenvalue weighted by Crippen LogP contribution is -2.31. The Hall–Kier alpha value is -1.40. The first-order chi connectivity index (χ1) is 11.4. The maximum Gasteiger partial charge on any atom is 0.240 e. The number of rotatable bonds is 7. The minimum Gasteiger partial charge on any atom is -0.326 e. The van der Waals surface area contributed by atoms with Crippen LogP contribution in [-0.4, -0.2) is 20.4 Å². The molecule has 1 aromatic carbocycles. The third-order valence-corrected chi connectivity index (χ3v) is 6.22. The molecule has 0 aromatic heterocycles. The van der Waals surface area contributed by atoms with Crippen LogP contribution in [0, 0.1) is 5.92 Å². The molecule has 2 N–H and O–H groups in total. The van der Waals surface area contributed by atoms with E-state index in [9.17, 15) is 13.2 Å². The minimum absolute atomic E-state index is 0.00948. The van der Waals surface area contributed by atoms with Crippen LogP contribution in [0.5, 0.6) is 0 Å². The third-order valence-electron chi connectivity index (χ3n) is 4.62. The third kappa shape index (κ3) is 5.60. The fourth-order valence-electron chi connectivity index (χ4n) is 3.00. The van der Waals surface area contributed by atoms with Gasteiger partial charge in [-0.3, -0.25) is 4.79 Å². The van der Waals surface area contributed by atoms with Crippen LogP contribution in [0.25, 0.3) is 0 Å². The number of carbonyl (C=O) groups excluding carboxylic acids is 1. The predicted molar refractivity (Wildman–Crippen MR) is 96.3 cm³/mol.